The largest absolute Gasteiger partial charge is 0.337 e. The van der Waals surface area contributed by atoms with E-state index in [1.54, 1.807) is 0 Å². The minimum atomic E-state index is -0.852. The quantitative estimate of drug-likeness (QED) is 0.837. The molecule has 3 amide bonds. The van der Waals surface area contributed by atoms with Crippen LogP contribution in [0.3, 0.4) is 0 Å². The van der Waals surface area contributed by atoms with Gasteiger partial charge >= 0.3 is 6.03 Å². The molecule has 1 aliphatic carbocycles. The van der Waals surface area contributed by atoms with Crippen molar-refractivity contribution in [3.63, 3.8) is 0 Å². The van der Waals surface area contributed by atoms with Crippen molar-refractivity contribution in [1.82, 2.24) is 20.4 Å². The summed E-state index contributed by atoms with van der Waals surface area (Å²) in [6.07, 6.45) is 2.86. The SMILES string of the molecule is C[C@H]1CCC[C@H](C)C12NC(=O)N(Cc1nc(-c3ccc(F)cc3)no1)C2=O. The van der Waals surface area contributed by atoms with Gasteiger partial charge in [-0.3, -0.25) is 9.69 Å². The maximum Gasteiger partial charge on any atom is 0.325 e. The van der Waals surface area contributed by atoms with Gasteiger partial charge in [0.2, 0.25) is 11.7 Å². The normalized spacial score (nSPS) is 24.5. The van der Waals surface area contributed by atoms with E-state index < -0.39 is 11.6 Å². The number of benzene rings is 1. The zero-order valence-electron chi connectivity index (χ0n) is 15.2. The van der Waals surface area contributed by atoms with Gasteiger partial charge in [-0.05, 0) is 48.9 Å². The molecule has 1 aliphatic heterocycles. The number of halogens is 1. The predicted octanol–water partition coefficient (Wildman–Crippen LogP) is 3.12. The van der Waals surface area contributed by atoms with Crippen LogP contribution >= 0.6 is 0 Å². The molecule has 1 spiro atoms. The zero-order valence-corrected chi connectivity index (χ0v) is 15.2. The predicted molar refractivity (Wildman–Crippen MR) is 93.7 cm³/mol. The molecule has 8 heteroatoms. The molecule has 1 N–H and O–H groups in total. The van der Waals surface area contributed by atoms with Crippen molar-refractivity contribution in [2.45, 2.75) is 45.2 Å². The smallest absolute Gasteiger partial charge is 0.325 e. The van der Waals surface area contributed by atoms with Crippen LogP contribution in [0.25, 0.3) is 11.4 Å². The Balaban J connectivity index is 1.56. The van der Waals surface area contributed by atoms with Crippen LogP contribution in [0.5, 0.6) is 0 Å². The number of imide groups is 1. The minimum Gasteiger partial charge on any atom is -0.337 e. The third-order valence-electron chi connectivity index (χ3n) is 5.85. The number of nitrogens with zero attached hydrogens (tertiary/aromatic N) is 3. The first-order chi connectivity index (χ1) is 12.9. The van der Waals surface area contributed by atoms with Gasteiger partial charge in [-0.15, -0.1) is 0 Å². The van der Waals surface area contributed by atoms with E-state index in [2.05, 4.69) is 15.5 Å². The lowest BCUT2D eigenvalue weighted by molar-refractivity contribution is -0.137. The second-order valence-electron chi connectivity index (χ2n) is 7.44. The lowest BCUT2D eigenvalue weighted by atomic mass is 9.67. The van der Waals surface area contributed by atoms with Crippen molar-refractivity contribution in [3.8, 4) is 11.4 Å². The van der Waals surface area contributed by atoms with E-state index in [1.807, 2.05) is 13.8 Å². The molecular formula is C19H21FN4O3. The van der Waals surface area contributed by atoms with Crippen LogP contribution in [0, 0.1) is 17.7 Å². The van der Waals surface area contributed by atoms with Gasteiger partial charge in [0.1, 0.15) is 17.9 Å². The summed E-state index contributed by atoms with van der Waals surface area (Å²) >= 11 is 0. The van der Waals surface area contributed by atoms with Gasteiger partial charge in [0.15, 0.2) is 0 Å². The zero-order chi connectivity index (χ0) is 19.2. The Morgan fingerprint density at radius 1 is 1.22 bits per heavy atom. The number of carbonyl (C=O) groups is 2. The first-order valence-corrected chi connectivity index (χ1v) is 9.14. The number of hydrogen-bond donors (Lipinski definition) is 1. The summed E-state index contributed by atoms with van der Waals surface area (Å²) in [5, 5.41) is 6.80. The molecule has 1 saturated carbocycles. The van der Waals surface area contributed by atoms with Gasteiger partial charge in [-0.2, -0.15) is 4.98 Å². The van der Waals surface area contributed by atoms with E-state index in [1.165, 1.54) is 24.3 Å². The van der Waals surface area contributed by atoms with Gasteiger partial charge in [-0.25, -0.2) is 9.18 Å². The lowest BCUT2D eigenvalue weighted by Crippen LogP contribution is -2.58. The number of rotatable bonds is 3. The number of amides is 3. The fourth-order valence-corrected chi connectivity index (χ4v) is 4.27. The summed E-state index contributed by atoms with van der Waals surface area (Å²) in [6.45, 7) is 3.94. The molecular weight excluding hydrogens is 351 g/mol. The molecule has 2 aliphatic rings. The second kappa shape index (κ2) is 6.44. The minimum absolute atomic E-state index is 0.0696. The van der Waals surface area contributed by atoms with Crippen LogP contribution in [0.15, 0.2) is 28.8 Å². The number of nitrogens with one attached hydrogen (secondary N) is 1. The van der Waals surface area contributed by atoms with E-state index in [4.69, 9.17) is 4.52 Å². The average molecular weight is 372 g/mol. The van der Waals surface area contributed by atoms with E-state index in [9.17, 15) is 14.0 Å². The Morgan fingerprint density at radius 2 is 1.89 bits per heavy atom. The van der Waals surface area contributed by atoms with Crippen LogP contribution in [0.2, 0.25) is 0 Å². The van der Waals surface area contributed by atoms with Crippen LogP contribution in [0.1, 0.15) is 39.0 Å². The molecule has 1 aromatic carbocycles. The topological polar surface area (TPSA) is 88.3 Å². The van der Waals surface area contributed by atoms with Crippen LogP contribution in [-0.2, 0) is 11.3 Å². The van der Waals surface area contributed by atoms with Crippen molar-refractivity contribution in [3.05, 3.63) is 36.0 Å². The van der Waals surface area contributed by atoms with Gasteiger partial charge in [-0.1, -0.05) is 25.4 Å². The Hall–Kier alpha value is -2.77. The average Bonchev–Trinajstić information content (AvgIpc) is 3.20. The first-order valence-electron chi connectivity index (χ1n) is 9.14. The fourth-order valence-electron chi connectivity index (χ4n) is 4.27. The number of aromatic nitrogens is 2. The van der Waals surface area contributed by atoms with Crippen LogP contribution < -0.4 is 5.32 Å². The Bertz CT molecular complexity index is 869. The van der Waals surface area contributed by atoms with E-state index in [-0.39, 0.29) is 41.8 Å². The van der Waals surface area contributed by atoms with Crippen molar-refractivity contribution in [2.24, 2.45) is 11.8 Å². The van der Waals surface area contributed by atoms with E-state index in [0.717, 1.165) is 24.2 Å². The molecule has 7 nitrogen and oxygen atoms in total. The highest BCUT2D eigenvalue weighted by atomic mass is 19.1. The monoisotopic (exact) mass is 372 g/mol. The van der Waals surface area contributed by atoms with Crippen LogP contribution in [0.4, 0.5) is 9.18 Å². The molecule has 0 bridgehead atoms. The number of hydrogen-bond acceptors (Lipinski definition) is 5. The van der Waals surface area contributed by atoms with Crippen LogP contribution in [-0.4, -0.2) is 32.5 Å². The van der Waals surface area contributed by atoms with Gasteiger partial charge in [0, 0.05) is 5.56 Å². The number of carbonyl (C=O) groups excluding carboxylic acids is 2. The molecule has 2 fully saturated rings. The lowest BCUT2D eigenvalue weighted by Gasteiger charge is -2.42. The summed E-state index contributed by atoms with van der Waals surface area (Å²) in [7, 11) is 0. The van der Waals surface area contributed by atoms with E-state index in [0.29, 0.717) is 5.56 Å². The van der Waals surface area contributed by atoms with Gasteiger partial charge < -0.3 is 9.84 Å². The van der Waals surface area contributed by atoms with Crippen molar-refractivity contribution >= 4 is 11.9 Å². The maximum atomic E-state index is 13.1. The van der Waals surface area contributed by atoms with Gasteiger partial charge in [0.05, 0.1) is 0 Å². The molecule has 27 heavy (non-hydrogen) atoms. The van der Waals surface area contributed by atoms with E-state index >= 15 is 0 Å². The molecule has 2 heterocycles. The summed E-state index contributed by atoms with van der Waals surface area (Å²) < 4.78 is 18.3. The third-order valence-corrected chi connectivity index (χ3v) is 5.85. The molecule has 0 unspecified atom stereocenters. The molecule has 1 aromatic heterocycles. The Labute approximate surface area is 155 Å². The highest BCUT2D eigenvalue weighted by Crippen LogP contribution is 2.42. The summed E-state index contributed by atoms with van der Waals surface area (Å²) in [4.78, 5) is 31.1. The highest BCUT2D eigenvalue weighted by Gasteiger charge is 2.58. The third kappa shape index (κ3) is 2.79. The van der Waals surface area contributed by atoms with Crippen molar-refractivity contribution in [1.29, 1.82) is 0 Å². The molecule has 0 radical (unpaired) electrons. The molecule has 2 atom stereocenters. The standard InChI is InChI=1S/C19H21FN4O3/c1-11-4-3-5-12(2)19(11)17(25)24(18(26)22-19)10-15-21-16(23-27-15)13-6-8-14(20)9-7-13/h6-9,11-12H,3-5,10H2,1-2H3,(H,22,26)/t11-,12-/m0/s1. The maximum absolute atomic E-state index is 13.1. The summed E-state index contributed by atoms with van der Waals surface area (Å²) in [6, 6.07) is 5.26. The molecule has 142 valence electrons. The molecule has 2 aromatic rings. The van der Waals surface area contributed by atoms with Crippen molar-refractivity contribution in [2.75, 3.05) is 0 Å². The molecule has 1 saturated heterocycles. The van der Waals surface area contributed by atoms with Gasteiger partial charge in [0.25, 0.3) is 5.91 Å². The number of urea groups is 1. The Kier molecular flexibility index (Phi) is 4.20. The fraction of sp³-hybridized carbons (Fsp3) is 0.474. The Morgan fingerprint density at radius 3 is 2.56 bits per heavy atom. The molecule has 4 rings (SSSR count). The highest BCUT2D eigenvalue weighted by molar-refractivity contribution is 6.07. The summed E-state index contributed by atoms with van der Waals surface area (Å²) in [5.41, 5.74) is -0.260. The van der Waals surface area contributed by atoms with Crippen molar-refractivity contribution < 1.29 is 18.5 Å². The second-order valence-corrected chi connectivity index (χ2v) is 7.44. The first kappa shape index (κ1) is 17.6. The summed E-state index contributed by atoms with van der Waals surface area (Å²) in [5.74, 6) is -0.00552.